The number of carbonyl (C=O) groups is 1. The van der Waals surface area contributed by atoms with Crippen LogP contribution in [0.15, 0.2) is 29.6 Å². The summed E-state index contributed by atoms with van der Waals surface area (Å²) in [7, 11) is 0. The molecule has 2 aromatic rings. The van der Waals surface area contributed by atoms with Gasteiger partial charge >= 0.3 is 6.09 Å². The molecule has 6 heteroatoms. The second-order valence-corrected chi connectivity index (χ2v) is 9.03. The van der Waals surface area contributed by atoms with Crippen LogP contribution >= 0.6 is 22.9 Å². The maximum atomic E-state index is 12.6. The van der Waals surface area contributed by atoms with Crippen molar-refractivity contribution in [3.8, 4) is 0 Å². The molecule has 0 saturated carbocycles. The maximum Gasteiger partial charge on any atom is 0.410 e. The van der Waals surface area contributed by atoms with Crippen LogP contribution in [0.25, 0.3) is 0 Å². The summed E-state index contributed by atoms with van der Waals surface area (Å²) in [5.41, 5.74) is 1.67. The molecule has 1 aliphatic rings. The van der Waals surface area contributed by atoms with E-state index >= 15 is 0 Å². The fourth-order valence-corrected chi connectivity index (χ4v) is 4.12. The van der Waals surface area contributed by atoms with Crippen LogP contribution in [0, 0.1) is 0 Å². The van der Waals surface area contributed by atoms with Gasteiger partial charge in [0.15, 0.2) is 0 Å². The fourth-order valence-electron chi connectivity index (χ4n) is 3.11. The molecule has 1 aromatic heterocycles. The molecule has 140 valence electrons. The van der Waals surface area contributed by atoms with E-state index in [2.05, 4.69) is 5.38 Å². The molecule has 0 aliphatic carbocycles. The van der Waals surface area contributed by atoms with E-state index in [0.717, 1.165) is 48.0 Å². The molecular weight excluding hydrogens is 368 g/mol. The Kier molecular flexibility index (Phi) is 5.88. The molecule has 4 nitrogen and oxygen atoms in total. The lowest BCUT2D eigenvalue weighted by atomic mass is 10.0. The predicted octanol–water partition coefficient (Wildman–Crippen LogP) is 5.85. The molecule has 2 heterocycles. The summed E-state index contributed by atoms with van der Waals surface area (Å²) in [5, 5.41) is 3.87. The number of rotatable bonds is 3. The van der Waals surface area contributed by atoms with Gasteiger partial charge in [0.05, 0.1) is 16.7 Å². The third-order valence-corrected chi connectivity index (χ3v) is 5.43. The second-order valence-electron chi connectivity index (χ2n) is 7.65. The van der Waals surface area contributed by atoms with E-state index in [-0.39, 0.29) is 12.1 Å². The van der Waals surface area contributed by atoms with Crippen LogP contribution in [0.2, 0.25) is 5.02 Å². The average Bonchev–Trinajstić information content (AvgIpc) is 3.04. The Hall–Kier alpha value is -1.59. The Morgan fingerprint density at radius 2 is 2.04 bits per heavy atom. The first-order valence-corrected chi connectivity index (χ1v) is 10.3. The third-order valence-electron chi connectivity index (χ3n) is 4.31. The fraction of sp³-hybridized carbons (Fsp3) is 0.500. The van der Waals surface area contributed by atoms with Gasteiger partial charge in [0, 0.05) is 23.4 Å². The van der Waals surface area contributed by atoms with Crippen LogP contribution in [0.4, 0.5) is 4.79 Å². The number of likely N-dealkylation sites (tertiary alicyclic amines) is 1. The Bertz CT molecular complexity index is 752. The first-order chi connectivity index (χ1) is 12.3. The topological polar surface area (TPSA) is 42.4 Å². The van der Waals surface area contributed by atoms with E-state index in [4.69, 9.17) is 21.3 Å². The maximum absolute atomic E-state index is 12.6. The number of nitrogens with zero attached hydrogens (tertiary/aromatic N) is 2. The van der Waals surface area contributed by atoms with Crippen LogP contribution in [0.5, 0.6) is 0 Å². The highest BCUT2D eigenvalue weighted by atomic mass is 35.5. The van der Waals surface area contributed by atoms with Gasteiger partial charge in [-0.2, -0.15) is 0 Å². The zero-order valence-electron chi connectivity index (χ0n) is 15.5. The molecular formula is C20H25ClN2O2S. The number of benzene rings is 1. The molecule has 0 spiro atoms. The van der Waals surface area contributed by atoms with E-state index < -0.39 is 5.60 Å². The van der Waals surface area contributed by atoms with Gasteiger partial charge in [-0.3, -0.25) is 4.90 Å². The van der Waals surface area contributed by atoms with Gasteiger partial charge in [-0.05, 0) is 57.7 Å². The quantitative estimate of drug-likeness (QED) is 0.657. The van der Waals surface area contributed by atoms with Crippen LogP contribution in [-0.4, -0.2) is 28.1 Å². The predicted molar refractivity (Wildman–Crippen MR) is 106 cm³/mol. The largest absolute Gasteiger partial charge is 0.444 e. The number of ether oxygens (including phenoxy) is 1. The van der Waals surface area contributed by atoms with Crippen molar-refractivity contribution in [3.63, 3.8) is 0 Å². The summed E-state index contributed by atoms with van der Waals surface area (Å²) in [6.45, 7) is 6.42. The standard InChI is InChI=1S/C20H25ClN2O2S/c1-20(2,3)25-19(24)23-11-5-4-6-17(23)16-13-26-18(22-16)12-14-7-9-15(21)10-8-14/h7-10,13,17H,4-6,11-12H2,1-3H3. The highest BCUT2D eigenvalue weighted by Crippen LogP contribution is 2.33. The van der Waals surface area contributed by atoms with Gasteiger partial charge in [0.2, 0.25) is 0 Å². The van der Waals surface area contributed by atoms with Crippen molar-refractivity contribution in [1.29, 1.82) is 0 Å². The Morgan fingerprint density at radius 1 is 1.31 bits per heavy atom. The molecule has 1 saturated heterocycles. The summed E-state index contributed by atoms with van der Waals surface area (Å²) in [4.78, 5) is 19.3. The van der Waals surface area contributed by atoms with Crippen LogP contribution in [-0.2, 0) is 11.2 Å². The van der Waals surface area contributed by atoms with Gasteiger partial charge in [-0.25, -0.2) is 9.78 Å². The Morgan fingerprint density at radius 3 is 2.73 bits per heavy atom. The molecule has 1 atom stereocenters. The minimum atomic E-state index is -0.485. The third kappa shape index (κ3) is 4.98. The monoisotopic (exact) mass is 392 g/mol. The van der Waals surface area contributed by atoms with Gasteiger partial charge in [-0.1, -0.05) is 23.7 Å². The van der Waals surface area contributed by atoms with E-state index in [0.29, 0.717) is 0 Å². The number of carbonyl (C=O) groups excluding carboxylic acids is 1. The SMILES string of the molecule is CC(C)(C)OC(=O)N1CCCCC1c1csc(Cc2ccc(Cl)cc2)n1. The molecule has 1 amide bonds. The molecule has 3 rings (SSSR count). The Balaban J connectivity index is 1.73. The van der Waals surface area contributed by atoms with Crippen molar-refractivity contribution in [2.24, 2.45) is 0 Å². The summed E-state index contributed by atoms with van der Waals surface area (Å²) < 4.78 is 5.59. The van der Waals surface area contributed by atoms with Gasteiger partial charge < -0.3 is 4.74 Å². The summed E-state index contributed by atoms with van der Waals surface area (Å²) in [6.07, 6.45) is 3.59. The molecule has 0 radical (unpaired) electrons. The van der Waals surface area contributed by atoms with Crippen LogP contribution < -0.4 is 0 Å². The molecule has 0 N–H and O–H groups in total. The van der Waals surface area contributed by atoms with E-state index in [1.54, 1.807) is 11.3 Å². The number of aromatic nitrogens is 1. The molecule has 1 aliphatic heterocycles. The highest BCUT2D eigenvalue weighted by Gasteiger charge is 2.32. The van der Waals surface area contributed by atoms with Crippen molar-refractivity contribution >= 4 is 29.0 Å². The minimum Gasteiger partial charge on any atom is -0.444 e. The van der Waals surface area contributed by atoms with Crippen LogP contribution in [0.3, 0.4) is 0 Å². The number of halogens is 1. The zero-order valence-corrected chi connectivity index (χ0v) is 17.1. The molecule has 26 heavy (non-hydrogen) atoms. The molecule has 1 unspecified atom stereocenters. The smallest absolute Gasteiger partial charge is 0.410 e. The summed E-state index contributed by atoms with van der Waals surface area (Å²) in [6, 6.07) is 7.86. The lowest BCUT2D eigenvalue weighted by molar-refractivity contribution is 0.00906. The van der Waals surface area contributed by atoms with E-state index in [9.17, 15) is 4.79 Å². The number of amides is 1. The first-order valence-electron chi connectivity index (χ1n) is 9.00. The van der Waals surface area contributed by atoms with Crippen molar-refractivity contribution in [2.45, 2.75) is 58.1 Å². The number of thiazole rings is 1. The van der Waals surface area contributed by atoms with Crippen LogP contribution in [0.1, 0.15) is 62.3 Å². The van der Waals surface area contributed by atoms with Crippen molar-refractivity contribution in [1.82, 2.24) is 9.88 Å². The Labute approximate surface area is 164 Å². The molecule has 1 fully saturated rings. The first kappa shape index (κ1) is 19.2. The number of hydrogen-bond donors (Lipinski definition) is 0. The van der Waals surface area contributed by atoms with Crippen molar-refractivity contribution in [3.05, 3.63) is 50.9 Å². The van der Waals surface area contributed by atoms with Crippen molar-refractivity contribution in [2.75, 3.05) is 6.54 Å². The second kappa shape index (κ2) is 7.97. The number of piperidine rings is 1. The lowest BCUT2D eigenvalue weighted by Gasteiger charge is -2.36. The summed E-state index contributed by atoms with van der Waals surface area (Å²) in [5.74, 6) is 0. The molecule has 0 bridgehead atoms. The average molecular weight is 393 g/mol. The van der Waals surface area contributed by atoms with Crippen molar-refractivity contribution < 1.29 is 9.53 Å². The zero-order chi connectivity index (χ0) is 18.7. The normalized spacial score (nSPS) is 18.0. The van der Waals surface area contributed by atoms with Gasteiger partial charge in [0.25, 0.3) is 0 Å². The number of hydrogen-bond acceptors (Lipinski definition) is 4. The lowest BCUT2D eigenvalue weighted by Crippen LogP contribution is -2.42. The minimum absolute atomic E-state index is 0.00816. The van der Waals surface area contributed by atoms with E-state index in [1.807, 2.05) is 49.9 Å². The molecule has 1 aromatic carbocycles. The summed E-state index contributed by atoms with van der Waals surface area (Å²) >= 11 is 7.60. The van der Waals surface area contributed by atoms with E-state index in [1.165, 1.54) is 5.56 Å². The highest BCUT2D eigenvalue weighted by molar-refractivity contribution is 7.09. The van der Waals surface area contributed by atoms with Gasteiger partial charge in [0.1, 0.15) is 5.60 Å². The van der Waals surface area contributed by atoms with Gasteiger partial charge in [-0.15, -0.1) is 11.3 Å².